The van der Waals surface area contributed by atoms with Gasteiger partial charge in [-0.05, 0) is 60.4 Å². The Kier molecular flexibility index (Phi) is 4.19. The number of ether oxygens (including phenoxy) is 1. The van der Waals surface area contributed by atoms with Crippen LogP contribution in [-0.2, 0) is 0 Å². The molecular formula is C18H16FNO2. The maximum Gasteiger partial charge on any atom is 0.128 e. The molecule has 0 amide bonds. The van der Waals surface area contributed by atoms with E-state index in [9.17, 15) is 4.39 Å². The van der Waals surface area contributed by atoms with E-state index in [1.54, 1.807) is 18.3 Å². The Bertz CT molecular complexity index is 707. The van der Waals surface area contributed by atoms with Gasteiger partial charge in [-0.1, -0.05) is 18.2 Å². The van der Waals surface area contributed by atoms with E-state index in [0.29, 0.717) is 11.5 Å². The van der Waals surface area contributed by atoms with Crippen LogP contribution in [0.5, 0.6) is 11.5 Å². The van der Waals surface area contributed by atoms with Crippen molar-refractivity contribution in [2.24, 2.45) is 11.1 Å². The topological polar surface area (TPSA) is 41.8 Å². The van der Waals surface area contributed by atoms with Gasteiger partial charge in [-0.2, -0.15) is 0 Å². The lowest BCUT2D eigenvalue weighted by molar-refractivity contribution is 0.319. The van der Waals surface area contributed by atoms with E-state index in [0.717, 1.165) is 18.4 Å². The molecule has 0 fully saturated rings. The van der Waals surface area contributed by atoms with Crippen LogP contribution in [0.4, 0.5) is 4.39 Å². The molecule has 1 N–H and O–H groups in total. The molecule has 2 aromatic carbocycles. The summed E-state index contributed by atoms with van der Waals surface area (Å²) in [4.78, 5) is 0. The number of benzene rings is 2. The monoisotopic (exact) mass is 297 g/mol. The molecule has 0 saturated heterocycles. The SMILES string of the molecule is ON=CC1C=C(c2cccc(Oc3ccc(F)cc3)c2)CC1. The molecule has 0 heterocycles. The van der Waals surface area contributed by atoms with Crippen molar-refractivity contribution < 1.29 is 14.3 Å². The van der Waals surface area contributed by atoms with Crippen LogP contribution in [0, 0.1) is 11.7 Å². The Morgan fingerprint density at radius 3 is 2.73 bits per heavy atom. The molecule has 0 radical (unpaired) electrons. The highest BCUT2D eigenvalue weighted by molar-refractivity contribution is 5.75. The number of allylic oxidation sites excluding steroid dienone is 2. The molecule has 0 aromatic heterocycles. The molecule has 0 spiro atoms. The van der Waals surface area contributed by atoms with Crippen LogP contribution in [-0.4, -0.2) is 11.4 Å². The first kappa shape index (κ1) is 14.3. The van der Waals surface area contributed by atoms with Gasteiger partial charge in [0.25, 0.3) is 0 Å². The summed E-state index contributed by atoms with van der Waals surface area (Å²) in [6.45, 7) is 0. The van der Waals surface area contributed by atoms with Crippen LogP contribution < -0.4 is 4.74 Å². The molecule has 1 unspecified atom stereocenters. The summed E-state index contributed by atoms with van der Waals surface area (Å²) in [5, 5.41) is 11.7. The number of halogens is 1. The fraction of sp³-hybridized carbons (Fsp3) is 0.167. The van der Waals surface area contributed by atoms with Crippen LogP contribution in [0.1, 0.15) is 18.4 Å². The fourth-order valence-electron chi connectivity index (χ4n) is 2.59. The van der Waals surface area contributed by atoms with E-state index in [2.05, 4.69) is 11.2 Å². The van der Waals surface area contributed by atoms with E-state index in [4.69, 9.17) is 9.94 Å². The maximum atomic E-state index is 12.9. The average molecular weight is 297 g/mol. The quantitative estimate of drug-likeness (QED) is 0.497. The summed E-state index contributed by atoms with van der Waals surface area (Å²) in [5.74, 6) is 1.21. The van der Waals surface area contributed by atoms with Gasteiger partial charge in [0.1, 0.15) is 17.3 Å². The Morgan fingerprint density at radius 1 is 1.14 bits per heavy atom. The predicted molar refractivity (Wildman–Crippen MR) is 83.9 cm³/mol. The first-order valence-electron chi connectivity index (χ1n) is 7.17. The third-order valence-corrected chi connectivity index (χ3v) is 3.67. The van der Waals surface area contributed by atoms with Gasteiger partial charge in [0.2, 0.25) is 0 Å². The van der Waals surface area contributed by atoms with Crippen molar-refractivity contribution in [2.45, 2.75) is 12.8 Å². The van der Waals surface area contributed by atoms with Gasteiger partial charge < -0.3 is 9.94 Å². The van der Waals surface area contributed by atoms with E-state index in [-0.39, 0.29) is 11.7 Å². The minimum Gasteiger partial charge on any atom is -0.457 e. The third kappa shape index (κ3) is 3.34. The lowest BCUT2D eigenvalue weighted by atomic mass is 10.1. The second-order valence-electron chi connectivity index (χ2n) is 5.24. The van der Waals surface area contributed by atoms with Crippen molar-refractivity contribution in [3.05, 3.63) is 66.0 Å². The van der Waals surface area contributed by atoms with E-state index >= 15 is 0 Å². The molecule has 3 nitrogen and oxygen atoms in total. The summed E-state index contributed by atoms with van der Waals surface area (Å²) in [7, 11) is 0. The first-order valence-corrected chi connectivity index (χ1v) is 7.17. The molecule has 4 heteroatoms. The van der Waals surface area contributed by atoms with Crippen molar-refractivity contribution >= 4 is 11.8 Å². The number of oxime groups is 1. The smallest absolute Gasteiger partial charge is 0.128 e. The lowest BCUT2D eigenvalue weighted by Crippen LogP contribution is -1.90. The first-order chi connectivity index (χ1) is 10.7. The van der Waals surface area contributed by atoms with Crippen LogP contribution in [0.25, 0.3) is 5.57 Å². The second-order valence-corrected chi connectivity index (χ2v) is 5.24. The maximum absolute atomic E-state index is 12.9. The molecule has 1 aliphatic rings. The second kappa shape index (κ2) is 6.43. The molecule has 112 valence electrons. The molecule has 1 atom stereocenters. The summed E-state index contributed by atoms with van der Waals surface area (Å²) in [5.41, 5.74) is 2.31. The van der Waals surface area contributed by atoms with Gasteiger partial charge in [0, 0.05) is 5.92 Å². The van der Waals surface area contributed by atoms with Gasteiger partial charge in [0.05, 0.1) is 6.21 Å². The fourth-order valence-corrected chi connectivity index (χ4v) is 2.59. The molecular weight excluding hydrogens is 281 g/mol. The Hall–Kier alpha value is -2.62. The minimum atomic E-state index is -0.284. The molecule has 0 bridgehead atoms. The van der Waals surface area contributed by atoms with Crippen LogP contribution in [0.2, 0.25) is 0 Å². The summed E-state index contributed by atoms with van der Waals surface area (Å²) in [6, 6.07) is 13.7. The van der Waals surface area contributed by atoms with Crippen molar-refractivity contribution in [3.63, 3.8) is 0 Å². The molecule has 22 heavy (non-hydrogen) atoms. The van der Waals surface area contributed by atoms with E-state index in [1.165, 1.54) is 17.7 Å². The normalized spacial score (nSPS) is 17.7. The third-order valence-electron chi connectivity index (χ3n) is 3.67. The number of rotatable bonds is 4. The van der Waals surface area contributed by atoms with Gasteiger partial charge in [0.15, 0.2) is 0 Å². The number of hydrogen-bond acceptors (Lipinski definition) is 3. The van der Waals surface area contributed by atoms with Crippen LogP contribution in [0.3, 0.4) is 0 Å². The van der Waals surface area contributed by atoms with Gasteiger partial charge in [-0.25, -0.2) is 4.39 Å². The van der Waals surface area contributed by atoms with Crippen molar-refractivity contribution in [3.8, 4) is 11.5 Å². The van der Waals surface area contributed by atoms with E-state index < -0.39 is 0 Å². The largest absolute Gasteiger partial charge is 0.457 e. The molecule has 0 saturated carbocycles. The predicted octanol–water partition coefficient (Wildman–Crippen LogP) is 4.87. The summed E-state index contributed by atoms with van der Waals surface area (Å²) >= 11 is 0. The average Bonchev–Trinajstić information content (AvgIpc) is 2.99. The Morgan fingerprint density at radius 2 is 1.95 bits per heavy atom. The number of hydrogen-bond donors (Lipinski definition) is 1. The van der Waals surface area contributed by atoms with Crippen LogP contribution in [0.15, 0.2) is 59.8 Å². The standard InChI is InChI=1S/C18H16FNO2/c19-16-6-8-17(9-7-16)22-18-3-1-2-14(11-18)15-5-4-13(10-15)12-20-21/h1-3,6-13,21H,4-5H2. The van der Waals surface area contributed by atoms with Crippen LogP contribution >= 0.6 is 0 Å². The van der Waals surface area contributed by atoms with Gasteiger partial charge in [-0.3, -0.25) is 0 Å². The highest BCUT2D eigenvalue weighted by Gasteiger charge is 2.16. The van der Waals surface area contributed by atoms with E-state index in [1.807, 2.05) is 24.3 Å². The Labute approximate surface area is 128 Å². The zero-order valence-electron chi connectivity index (χ0n) is 11.9. The highest BCUT2D eigenvalue weighted by Crippen LogP contribution is 2.33. The summed E-state index contributed by atoms with van der Waals surface area (Å²) in [6.07, 6.45) is 5.54. The zero-order chi connectivity index (χ0) is 15.4. The molecule has 0 aliphatic heterocycles. The zero-order valence-corrected chi connectivity index (χ0v) is 11.9. The van der Waals surface area contributed by atoms with Gasteiger partial charge >= 0.3 is 0 Å². The molecule has 2 aromatic rings. The summed E-state index contributed by atoms with van der Waals surface area (Å²) < 4.78 is 18.6. The van der Waals surface area contributed by atoms with Crippen molar-refractivity contribution in [2.75, 3.05) is 0 Å². The number of nitrogens with zero attached hydrogens (tertiary/aromatic N) is 1. The minimum absolute atomic E-state index is 0.182. The molecule has 1 aliphatic carbocycles. The lowest BCUT2D eigenvalue weighted by Gasteiger charge is -2.08. The Balaban J connectivity index is 1.78. The van der Waals surface area contributed by atoms with Crippen molar-refractivity contribution in [1.82, 2.24) is 0 Å². The molecule has 3 rings (SSSR count). The van der Waals surface area contributed by atoms with Gasteiger partial charge in [-0.15, -0.1) is 5.16 Å². The highest BCUT2D eigenvalue weighted by atomic mass is 19.1. The van der Waals surface area contributed by atoms with Crippen molar-refractivity contribution in [1.29, 1.82) is 0 Å².